The van der Waals surface area contributed by atoms with Crippen LogP contribution >= 0.6 is 0 Å². The lowest BCUT2D eigenvalue weighted by atomic mass is 9.58. The number of aliphatic hydroxyl groups is 2. The van der Waals surface area contributed by atoms with Gasteiger partial charge in [-0.15, -0.1) is 0 Å². The first-order valence-electron chi connectivity index (χ1n) is 5.92. The topological polar surface area (TPSA) is 57.5 Å². The molecule has 3 heteroatoms. The van der Waals surface area contributed by atoms with Crippen molar-refractivity contribution in [3.05, 3.63) is 0 Å². The SMILES string of the molecule is O=C1C[C@@]2(CO)[C@@H]3CC[C@@H](C3)[C@@]2(CO)C1. The molecule has 0 aromatic carbocycles. The second-order valence-corrected chi connectivity index (χ2v) is 5.73. The number of hydrogen-bond acceptors (Lipinski definition) is 3. The Bertz CT molecular complexity index is 286. The Balaban J connectivity index is 2.10. The van der Waals surface area contributed by atoms with Gasteiger partial charge < -0.3 is 10.2 Å². The fraction of sp³-hybridized carbons (Fsp3) is 0.917. The van der Waals surface area contributed by atoms with E-state index in [4.69, 9.17) is 0 Å². The molecule has 3 fully saturated rings. The number of hydrogen-bond donors (Lipinski definition) is 2. The molecule has 4 atom stereocenters. The Kier molecular flexibility index (Phi) is 1.85. The molecular formula is C12H18O3. The number of rotatable bonds is 2. The highest BCUT2D eigenvalue weighted by Gasteiger charge is 2.70. The highest BCUT2D eigenvalue weighted by atomic mass is 16.3. The maximum atomic E-state index is 11.7. The Morgan fingerprint density at radius 1 is 1.07 bits per heavy atom. The molecule has 0 heterocycles. The van der Waals surface area contributed by atoms with Crippen molar-refractivity contribution in [1.29, 1.82) is 0 Å². The van der Waals surface area contributed by atoms with Crippen LogP contribution < -0.4 is 0 Å². The van der Waals surface area contributed by atoms with Crippen molar-refractivity contribution < 1.29 is 15.0 Å². The summed E-state index contributed by atoms with van der Waals surface area (Å²) >= 11 is 0. The minimum Gasteiger partial charge on any atom is -0.396 e. The van der Waals surface area contributed by atoms with Crippen LogP contribution in [0.15, 0.2) is 0 Å². The molecule has 0 aliphatic heterocycles. The first kappa shape index (κ1) is 9.79. The molecule has 2 N–H and O–H groups in total. The minimum atomic E-state index is -0.262. The lowest BCUT2D eigenvalue weighted by Gasteiger charge is -2.46. The van der Waals surface area contributed by atoms with Gasteiger partial charge >= 0.3 is 0 Å². The standard InChI is InChI=1S/C12H18O3/c13-6-11-4-10(15)5-12(11,7-14)9-2-1-8(11)3-9/h8-9,13-14H,1-7H2/t8-,9+,11-,12+. The molecule has 0 amide bonds. The summed E-state index contributed by atoms with van der Waals surface area (Å²) in [7, 11) is 0. The van der Waals surface area contributed by atoms with Gasteiger partial charge in [-0.3, -0.25) is 4.79 Å². The van der Waals surface area contributed by atoms with Gasteiger partial charge in [0.2, 0.25) is 0 Å². The summed E-state index contributed by atoms with van der Waals surface area (Å²) in [6.07, 6.45) is 4.41. The summed E-state index contributed by atoms with van der Waals surface area (Å²) in [4.78, 5) is 11.7. The van der Waals surface area contributed by atoms with Gasteiger partial charge in [0.25, 0.3) is 0 Å². The van der Waals surface area contributed by atoms with Crippen molar-refractivity contribution >= 4 is 5.78 Å². The van der Waals surface area contributed by atoms with E-state index in [9.17, 15) is 15.0 Å². The van der Waals surface area contributed by atoms with Crippen molar-refractivity contribution in [1.82, 2.24) is 0 Å². The molecule has 3 aliphatic rings. The smallest absolute Gasteiger partial charge is 0.134 e. The van der Waals surface area contributed by atoms with Crippen LogP contribution in [0.2, 0.25) is 0 Å². The highest BCUT2D eigenvalue weighted by molar-refractivity contribution is 5.83. The molecule has 3 aliphatic carbocycles. The van der Waals surface area contributed by atoms with Crippen LogP contribution in [0.4, 0.5) is 0 Å². The first-order valence-corrected chi connectivity index (χ1v) is 5.92. The van der Waals surface area contributed by atoms with E-state index in [1.54, 1.807) is 0 Å². The van der Waals surface area contributed by atoms with Crippen LogP contribution in [0.3, 0.4) is 0 Å². The predicted molar refractivity (Wildman–Crippen MR) is 54.1 cm³/mol. The number of carbonyl (C=O) groups is 1. The molecule has 84 valence electrons. The van der Waals surface area contributed by atoms with Crippen LogP contribution in [0, 0.1) is 22.7 Å². The lowest BCUT2D eigenvalue weighted by molar-refractivity contribution is -0.118. The lowest BCUT2D eigenvalue weighted by Crippen LogP contribution is -2.47. The average Bonchev–Trinajstić information content (AvgIpc) is 2.85. The molecule has 2 bridgehead atoms. The molecule has 3 saturated carbocycles. The number of carbonyl (C=O) groups excluding carboxylic acids is 1. The summed E-state index contributed by atoms with van der Waals surface area (Å²) in [6.45, 7) is 0.168. The largest absolute Gasteiger partial charge is 0.396 e. The van der Waals surface area contributed by atoms with Gasteiger partial charge in [0.05, 0.1) is 13.2 Å². The monoisotopic (exact) mass is 210 g/mol. The first-order chi connectivity index (χ1) is 7.18. The van der Waals surface area contributed by atoms with E-state index < -0.39 is 0 Å². The molecule has 0 saturated heterocycles. The second kappa shape index (κ2) is 2.83. The Hall–Kier alpha value is -0.410. The zero-order valence-electron chi connectivity index (χ0n) is 8.91. The molecule has 0 spiro atoms. The summed E-state index contributed by atoms with van der Waals surface area (Å²) < 4.78 is 0. The molecule has 0 aromatic rings. The molecule has 3 rings (SSSR count). The molecule has 0 radical (unpaired) electrons. The fourth-order valence-corrected chi connectivity index (χ4v) is 4.89. The van der Waals surface area contributed by atoms with E-state index in [0.717, 1.165) is 19.3 Å². The molecular weight excluding hydrogens is 192 g/mol. The van der Waals surface area contributed by atoms with Crippen molar-refractivity contribution in [2.75, 3.05) is 13.2 Å². The quantitative estimate of drug-likeness (QED) is 0.706. The van der Waals surface area contributed by atoms with Crippen LogP contribution in [0.1, 0.15) is 32.1 Å². The van der Waals surface area contributed by atoms with E-state index in [1.165, 1.54) is 0 Å². The number of Topliss-reactive ketones (excluding diaryl/α,β-unsaturated/α-hetero) is 1. The minimum absolute atomic E-state index is 0.0838. The second-order valence-electron chi connectivity index (χ2n) is 5.73. The van der Waals surface area contributed by atoms with Crippen molar-refractivity contribution in [2.24, 2.45) is 22.7 Å². The van der Waals surface area contributed by atoms with Crippen molar-refractivity contribution in [3.8, 4) is 0 Å². The molecule has 0 aromatic heterocycles. The van der Waals surface area contributed by atoms with E-state index in [-0.39, 0.29) is 29.8 Å². The number of ketones is 1. The van der Waals surface area contributed by atoms with Gasteiger partial charge in [0.15, 0.2) is 0 Å². The van der Waals surface area contributed by atoms with Crippen molar-refractivity contribution in [2.45, 2.75) is 32.1 Å². The summed E-state index contributed by atoms with van der Waals surface area (Å²) in [6, 6.07) is 0. The molecule has 15 heavy (non-hydrogen) atoms. The maximum Gasteiger partial charge on any atom is 0.134 e. The van der Waals surface area contributed by atoms with Gasteiger partial charge in [-0.1, -0.05) is 0 Å². The van der Waals surface area contributed by atoms with Crippen molar-refractivity contribution in [3.63, 3.8) is 0 Å². The predicted octanol–water partition coefficient (Wildman–Crippen LogP) is 0.737. The van der Waals surface area contributed by atoms with Crippen LogP contribution in [0.5, 0.6) is 0 Å². The Morgan fingerprint density at radius 3 is 1.93 bits per heavy atom. The van der Waals surface area contributed by atoms with E-state index >= 15 is 0 Å². The zero-order chi connectivity index (χ0) is 10.7. The highest BCUT2D eigenvalue weighted by Crippen LogP contribution is 2.71. The third-order valence-electron chi connectivity index (χ3n) is 5.58. The Morgan fingerprint density at radius 2 is 1.53 bits per heavy atom. The number of fused-ring (bicyclic) bond motifs is 5. The Labute approximate surface area is 89.5 Å². The normalized spacial score (nSPS) is 52.5. The maximum absolute atomic E-state index is 11.7. The van der Waals surface area contributed by atoms with Gasteiger partial charge in [-0.2, -0.15) is 0 Å². The van der Waals surface area contributed by atoms with E-state index in [1.807, 2.05) is 0 Å². The van der Waals surface area contributed by atoms with E-state index in [2.05, 4.69) is 0 Å². The fourth-order valence-electron chi connectivity index (χ4n) is 4.89. The zero-order valence-corrected chi connectivity index (χ0v) is 8.91. The molecule has 0 unspecified atom stereocenters. The number of aliphatic hydroxyl groups excluding tert-OH is 2. The summed E-state index contributed by atoms with van der Waals surface area (Å²) in [5.74, 6) is 1.20. The third-order valence-corrected chi connectivity index (χ3v) is 5.58. The van der Waals surface area contributed by atoms with Gasteiger partial charge in [-0.05, 0) is 31.1 Å². The van der Waals surface area contributed by atoms with Gasteiger partial charge in [-0.25, -0.2) is 0 Å². The third kappa shape index (κ3) is 0.878. The van der Waals surface area contributed by atoms with Crippen LogP contribution in [0.25, 0.3) is 0 Å². The molecule has 3 nitrogen and oxygen atoms in total. The van der Waals surface area contributed by atoms with Crippen LogP contribution in [-0.2, 0) is 4.79 Å². The van der Waals surface area contributed by atoms with Crippen LogP contribution in [-0.4, -0.2) is 29.2 Å². The van der Waals surface area contributed by atoms with E-state index in [0.29, 0.717) is 24.7 Å². The van der Waals surface area contributed by atoms with Gasteiger partial charge in [0, 0.05) is 23.7 Å². The average molecular weight is 210 g/mol. The summed E-state index contributed by atoms with van der Waals surface area (Å²) in [5, 5.41) is 19.4. The van der Waals surface area contributed by atoms with Gasteiger partial charge in [0.1, 0.15) is 5.78 Å². The summed E-state index contributed by atoms with van der Waals surface area (Å²) in [5.41, 5.74) is -0.524.